The minimum Gasteiger partial charge on any atom is -0.432 e. The van der Waals surface area contributed by atoms with Crippen molar-refractivity contribution in [3.05, 3.63) is 91.0 Å². The van der Waals surface area contributed by atoms with E-state index in [1.165, 1.54) is 93.6 Å². The fourth-order valence-electron chi connectivity index (χ4n) is 3.45. The molecule has 15 nitrogen and oxygen atoms in total. The summed E-state index contributed by atoms with van der Waals surface area (Å²) < 4.78 is 107. The lowest BCUT2D eigenvalue weighted by Crippen LogP contribution is -2.25. The van der Waals surface area contributed by atoms with Crippen molar-refractivity contribution in [2.75, 3.05) is 0 Å². The summed E-state index contributed by atoms with van der Waals surface area (Å²) in [6, 6.07) is 20.0. The molecule has 0 aliphatic rings. The summed E-state index contributed by atoms with van der Waals surface area (Å²) in [5.41, 5.74) is 0. The van der Waals surface area contributed by atoms with E-state index >= 15 is 0 Å². The van der Waals surface area contributed by atoms with Gasteiger partial charge in [-0.2, -0.15) is 25.3 Å². The van der Waals surface area contributed by atoms with Gasteiger partial charge in [-0.25, -0.2) is 12.5 Å². The fourth-order valence-corrected chi connectivity index (χ4v) is 6.44. The number of hydrogen-bond acceptors (Lipinski definition) is 15. The predicted octanol–water partition coefficient (Wildman–Crippen LogP) is 3.26. The largest absolute Gasteiger partial charge is 0.432 e. The van der Waals surface area contributed by atoms with E-state index in [2.05, 4.69) is 15.0 Å². The maximum Gasteiger partial charge on any atom is 0.328 e. The van der Waals surface area contributed by atoms with Crippen LogP contribution in [0.3, 0.4) is 0 Å². The summed E-state index contributed by atoms with van der Waals surface area (Å²) in [5, 5.41) is 0. The Morgan fingerprint density at radius 3 is 0.867 bits per heavy atom. The summed E-state index contributed by atoms with van der Waals surface area (Å²) in [6.07, 6.45) is -4.51. The highest BCUT2D eigenvalue weighted by atomic mass is 32.2. The van der Waals surface area contributed by atoms with Gasteiger partial charge in [0.1, 0.15) is 0 Å². The van der Waals surface area contributed by atoms with Gasteiger partial charge in [0, 0.05) is 0 Å². The number of nitrogens with zero attached hydrogens (tertiary/aromatic N) is 3. The highest BCUT2D eigenvalue weighted by molar-refractivity contribution is 7.87. The molecule has 4 aromatic rings. The second-order valence-electron chi connectivity index (χ2n) is 8.83. The minimum absolute atomic E-state index is 0.139. The van der Waals surface area contributed by atoms with Crippen molar-refractivity contribution >= 4 is 30.4 Å². The number of hydrogen-bond donors (Lipinski definition) is 0. The van der Waals surface area contributed by atoms with Crippen LogP contribution >= 0.6 is 0 Å². The molecular formula is C27H27N3O12S3. The fraction of sp³-hybridized carbons (Fsp3) is 0.222. The zero-order chi connectivity index (χ0) is 32.7. The van der Waals surface area contributed by atoms with Crippen molar-refractivity contribution in [1.82, 2.24) is 15.0 Å². The zero-order valence-electron chi connectivity index (χ0n) is 23.9. The molecule has 4 rings (SSSR count). The molecule has 0 saturated carbocycles. The van der Waals surface area contributed by atoms with Crippen molar-refractivity contribution in [3.63, 3.8) is 0 Å². The molecule has 1 aromatic heterocycles. The van der Waals surface area contributed by atoms with Crippen LogP contribution in [-0.2, 0) is 42.9 Å². The maximum atomic E-state index is 12.6. The molecule has 0 bridgehead atoms. The standard InChI is InChI=1S/C27H27N3O12S3/c1-19(40-43(31,32)22-13-7-4-8-14-22)37-25-28-26(38-20(2)41-44(33,34)23-15-9-5-10-16-23)30-27(29-25)39-21(3)42-45(35,36)24-17-11-6-12-18-24/h4-21H,1-3H3. The molecule has 0 aliphatic carbocycles. The molecule has 1 heterocycles. The van der Waals surface area contributed by atoms with Crippen LogP contribution in [-0.4, -0.2) is 59.1 Å². The van der Waals surface area contributed by atoms with Gasteiger partial charge in [0.15, 0.2) is 0 Å². The molecule has 0 radical (unpaired) electrons. The Hall–Kier alpha value is -4.20. The molecule has 3 atom stereocenters. The normalized spacial score (nSPS) is 14.2. The highest BCUT2D eigenvalue weighted by Crippen LogP contribution is 2.22. The maximum absolute atomic E-state index is 12.6. The molecule has 0 spiro atoms. The Labute approximate surface area is 260 Å². The topological polar surface area (TPSA) is 196 Å². The van der Waals surface area contributed by atoms with Crippen molar-refractivity contribution < 1.29 is 52.0 Å². The monoisotopic (exact) mass is 681 g/mol. The van der Waals surface area contributed by atoms with Crippen LogP contribution in [0.5, 0.6) is 18.0 Å². The molecule has 0 aliphatic heterocycles. The predicted molar refractivity (Wildman–Crippen MR) is 154 cm³/mol. The Balaban J connectivity index is 1.55. The second-order valence-corrected chi connectivity index (χ2v) is 13.5. The van der Waals surface area contributed by atoms with E-state index < -0.39 is 67.3 Å². The van der Waals surface area contributed by atoms with Crippen molar-refractivity contribution in [2.45, 2.75) is 54.3 Å². The van der Waals surface area contributed by atoms with E-state index in [1.807, 2.05) is 0 Å². The van der Waals surface area contributed by atoms with Gasteiger partial charge in [0.05, 0.1) is 14.7 Å². The lowest BCUT2D eigenvalue weighted by Gasteiger charge is -2.18. The van der Waals surface area contributed by atoms with Crippen LogP contribution in [0.25, 0.3) is 0 Å². The van der Waals surface area contributed by atoms with Gasteiger partial charge in [0.2, 0.25) is 18.9 Å². The van der Waals surface area contributed by atoms with Gasteiger partial charge in [-0.1, -0.05) is 54.6 Å². The first kappa shape index (κ1) is 33.7. The molecule has 3 aromatic carbocycles. The molecule has 0 fully saturated rings. The molecule has 240 valence electrons. The van der Waals surface area contributed by atoms with E-state index in [4.69, 9.17) is 26.8 Å². The number of ether oxygens (including phenoxy) is 3. The van der Waals surface area contributed by atoms with Crippen LogP contribution < -0.4 is 14.2 Å². The summed E-state index contributed by atoms with van der Waals surface area (Å²) in [6.45, 7) is 3.71. The Morgan fingerprint density at radius 2 is 0.644 bits per heavy atom. The number of rotatable bonds is 15. The SMILES string of the molecule is CC(Oc1nc(OC(C)OS(=O)(=O)c2ccccc2)nc(OC(C)OS(=O)(=O)c2ccccc2)n1)OS(=O)(=O)c1ccccc1. The zero-order valence-corrected chi connectivity index (χ0v) is 26.3. The van der Waals surface area contributed by atoms with Crippen molar-refractivity contribution in [1.29, 1.82) is 0 Å². The molecule has 45 heavy (non-hydrogen) atoms. The van der Waals surface area contributed by atoms with E-state index in [0.29, 0.717) is 0 Å². The van der Waals surface area contributed by atoms with Gasteiger partial charge < -0.3 is 14.2 Å². The highest BCUT2D eigenvalue weighted by Gasteiger charge is 2.26. The Bertz CT molecular complexity index is 1660. The molecule has 0 amide bonds. The van der Waals surface area contributed by atoms with E-state index in [-0.39, 0.29) is 14.7 Å². The Morgan fingerprint density at radius 1 is 0.422 bits per heavy atom. The third kappa shape index (κ3) is 9.64. The quantitative estimate of drug-likeness (QED) is 0.131. The van der Waals surface area contributed by atoms with Crippen molar-refractivity contribution in [3.8, 4) is 18.0 Å². The van der Waals surface area contributed by atoms with Crippen LogP contribution in [0.1, 0.15) is 20.8 Å². The number of aromatic nitrogens is 3. The van der Waals surface area contributed by atoms with Gasteiger partial charge in [-0.05, 0) is 57.2 Å². The second kappa shape index (κ2) is 14.3. The molecule has 18 heteroatoms. The van der Waals surface area contributed by atoms with Crippen LogP contribution in [0.15, 0.2) is 106 Å². The Kier molecular flexibility index (Phi) is 10.7. The van der Waals surface area contributed by atoms with Crippen molar-refractivity contribution in [2.24, 2.45) is 0 Å². The van der Waals surface area contributed by atoms with Gasteiger partial charge >= 0.3 is 18.0 Å². The smallest absolute Gasteiger partial charge is 0.328 e. The van der Waals surface area contributed by atoms with Gasteiger partial charge in [-0.15, -0.1) is 15.0 Å². The first-order valence-electron chi connectivity index (χ1n) is 12.9. The van der Waals surface area contributed by atoms with E-state index in [1.54, 1.807) is 18.2 Å². The van der Waals surface area contributed by atoms with Crippen LogP contribution in [0, 0.1) is 0 Å². The summed E-state index contributed by atoms with van der Waals surface area (Å²) >= 11 is 0. The third-order valence-electron chi connectivity index (χ3n) is 5.27. The van der Waals surface area contributed by atoms with Gasteiger partial charge in [0.25, 0.3) is 30.4 Å². The average Bonchev–Trinajstić information content (AvgIpc) is 2.97. The van der Waals surface area contributed by atoms with Crippen LogP contribution in [0.4, 0.5) is 0 Å². The molecular weight excluding hydrogens is 655 g/mol. The molecule has 0 saturated heterocycles. The summed E-state index contributed by atoms with van der Waals surface area (Å²) in [7, 11) is -12.8. The molecule has 3 unspecified atom stereocenters. The van der Waals surface area contributed by atoms with E-state index in [0.717, 1.165) is 0 Å². The van der Waals surface area contributed by atoms with Gasteiger partial charge in [-0.3, -0.25) is 0 Å². The lowest BCUT2D eigenvalue weighted by atomic mass is 10.4. The van der Waals surface area contributed by atoms with E-state index in [9.17, 15) is 25.3 Å². The summed E-state index contributed by atoms with van der Waals surface area (Å²) in [5.74, 6) is 0. The minimum atomic E-state index is -4.26. The third-order valence-corrected chi connectivity index (χ3v) is 9.39. The summed E-state index contributed by atoms with van der Waals surface area (Å²) in [4.78, 5) is 11.3. The number of benzene rings is 3. The lowest BCUT2D eigenvalue weighted by molar-refractivity contribution is -0.000371. The first-order valence-corrected chi connectivity index (χ1v) is 17.2. The van der Waals surface area contributed by atoms with Crippen LogP contribution in [0.2, 0.25) is 0 Å². The average molecular weight is 682 g/mol. The molecule has 0 N–H and O–H groups in total. The first-order chi connectivity index (χ1) is 21.2.